The Kier molecular flexibility index (Phi) is 3.38. The maximum absolute atomic E-state index is 2.27. The van der Waals surface area contributed by atoms with Gasteiger partial charge in [0, 0.05) is 25.8 Å². The highest BCUT2D eigenvalue weighted by Crippen LogP contribution is 2.30. The first-order valence-corrected chi connectivity index (χ1v) is 7.23. The third-order valence-electron chi connectivity index (χ3n) is 4.04. The molecule has 1 heterocycles. The summed E-state index contributed by atoms with van der Waals surface area (Å²) in [5.74, 6) is 0. The summed E-state index contributed by atoms with van der Waals surface area (Å²) in [6.07, 6.45) is 2.14. The summed E-state index contributed by atoms with van der Waals surface area (Å²) in [6.45, 7) is 2.18. The van der Waals surface area contributed by atoms with Crippen LogP contribution in [0.15, 0.2) is 54.7 Å². The fourth-order valence-electron chi connectivity index (χ4n) is 2.79. The standard InChI is InChI=1S/C19H21N2/c1-14-9-10-16(20(2)3)13-18(14)19-17-8-6-5-7-15(17)11-12-21(19)4/h5-13H,1-4H3/q+1. The van der Waals surface area contributed by atoms with Crippen molar-refractivity contribution in [3.05, 3.63) is 60.3 Å². The number of hydrogen-bond donors (Lipinski definition) is 0. The molecule has 0 radical (unpaired) electrons. The second-order valence-electron chi connectivity index (χ2n) is 5.76. The average Bonchev–Trinajstić information content (AvgIpc) is 2.48. The lowest BCUT2D eigenvalue weighted by Gasteiger charge is -2.15. The molecule has 0 atom stereocenters. The van der Waals surface area contributed by atoms with E-state index in [-0.39, 0.29) is 0 Å². The van der Waals surface area contributed by atoms with Gasteiger partial charge in [0.05, 0.1) is 10.9 Å². The minimum Gasteiger partial charge on any atom is -0.378 e. The van der Waals surface area contributed by atoms with Crippen LogP contribution in [0.25, 0.3) is 22.0 Å². The van der Waals surface area contributed by atoms with Gasteiger partial charge in [-0.3, -0.25) is 0 Å². The molecular formula is C19H21N2+. The van der Waals surface area contributed by atoms with Crippen molar-refractivity contribution in [1.82, 2.24) is 0 Å². The van der Waals surface area contributed by atoms with Crippen molar-refractivity contribution < 1.29 is 4.57 Å². The average molecular weight is 277 g/mol. The van der Waals surface area contributed by atoms with Crippen molar-refractivity contribution >= 4 is 16.5 Å². The van der Waals surface area contributed by atoms with Gasteiger partial charge in [-0.15, -0.1) is 0 Å². The number of nitrogens with zero attached hydrogens (tertiary/aromatic N) is 2. The van der Waals surface area contributed by atoms with Crippen LogP contribution < -0.4 is 9.47 Å². The van der Waals surface area contributed by atoms with Crippen LogP contribution in [0.3, 0.4) is 0 Å². The van der Waals surface area contributed by atoms with E-state index < -0.39 is 0 Å². The van der Waals surface area contributed by atoms with Crippen LogP contribution in [0.2, 0.25) is 0 Å². The molecule has 0 aliphatic rings. The maximum Gasteiger partial charge on any atom is 0.220 e. The van der Waals surface area contributed by atoms with Crippen molar-refractivity contribution in [2.45, 2.75) is 6.92 Å². The number of rotatable bonds is 2. The van der Waals surface area contributed by atoms with Crippen LogP contribution in [-0.4, -0.2) is 14.1 Å². The van der Waals surface area contributed by atoms with Gasteiger partial charge in [0.1, 0.15) is 7.05 Å². The summed E-state index contributed by atoms with van der Waals surface area (Å²) in [6, 6.07) is 17.4. The van der Waals surface area contributed by atoms with E-state index in [1.165, 1.54) is 33.3 Å². The van der Waals surface area contributed by atoms with Gasteiger partial charge in [-0.1, -0.05) is 24.3 Å². The van der Waals surface area contributed by atoms with Crippen molar-refractivity contribution in [2.75, 3.05) is 19.0 Å². The van der Waals surface area contributed by atoms with E-state index >= 15 is 0 Å². The molecule has 0 amide bonds. The molecule has 0 bridgehead atoms. The molecule has 3 aromatic rings. The molecule has 21 heavy (non-hydrogen) atoms. The Morgan fingerprint density at radius 2 is 1.71 bits per heavy atom. The molecule has 2 heteroatoms. The van der Waals surface area contributed by atoms with Gasteiger partial charge < -0.3 is 4.90 Å². The van der Waals surface area contributed by atoms with Gasteiger partial charge in [0.2, 0.25) is 5.69 Å². The zero-order chi connectivity index (χ0) is 15.0. The Labute approximate surface area is 126 Å². The molecule has 0 fully saturated rings. The Hall–Kier alpha value is -2.35. The van der Waals surface area contributed by atoms with Crippen LogP contribution in [0.4, 0.5) is 5.69 Å². The van der Waals surface area contributed by atoms with Crippen molar-refractivity contribution in [3.8, 4) is 11.3 Å². The third-order valence-corrected chi connectivity index (χ3v) is 4.04. The lowest BCUT2D eigenvalue weighted by molar-refractivity contribution is -0.659. The van der Waals surface area contributed by atoms with Crippen LogP contribution in [0, 0.1) is 6.92 Å². The first-order chi connectivity index (χ1) is 10.1. The quantitative estimate of drug-likeness (QED) is 0.648. The number of pyridine rings is 1. The fourth-order valence-corrected chi connectivity index (χ4v) is 2.79. The molecule has 3 rings (SSSR count). The molecule has 0 spiro atoms. The van der Waals surface area contributed by atoms with Gasteiger partial charge in [0.25, 0.3) is 0 Å². The molecule has 106 valence electrons. The highest BCUT2D eigenvalue weighted by Gasteiger charge is 2.17. The molecule has 0 N–H and O–H groups in total. The predicted octanol–water partition coefficient (Wildman–Crippen LogP) is 3.71. The van der Waals surface area contributed by atoms with Gasteiger partial charge >= 0.3 is 0 Å². The zero-order valence-corrected chi connectivity index (χ0v) is 13.1. The summed E-state index contributed by atoms with van der Waals surface area (Å²) >= 11 is 0. The third kappa shape index (κ3) is 2.38. The van der Waals surface area contributed by atoms with Crippen LogP contribution in [-0.2, 0) is 7.05 Å². The minimum absolute atomic E-state index is 1.23. The predicted molar refractivity (Wildman–Crippen MR) is 89.6 cm³/mol. The lowest BCUT2D eigenvalue weighted by Crippen LogP contribution is -2.30. The van der Waals surface area contributed by atoms with Gasteiger partial charge in [-0.05, 0) is 36.1 Å². The largest absolute Gasteiger partial charge is 0.378 e. The van der Waals surface area contributed by atoms with Crippen LogP contribution in [0.5, 0.6) is 0 Å². The zero-order valence-electron chi connectivity index (χ0n) is 13.1. The Balaban J connectivity index is 2.34. The Morgan fingerprint density at radius 3 is 2.48 bits per heavy atom. The Morgan fingerprint density at radius 1 is 0.952 bits per heavy atom. The molecule has 0 aliphatic carbocycles. The molecule has 2 nitrogen and oxygen atoms in total. The van der Waals surface area contributed by atoms with Gasteiger partial charge in [0.15, 0.2) is 6.20 Å². The van der Waals surface area contributed by atoms with E-state index in [0.717, 1.165) is 0 Å². The lowest BCUT2D eigenvalue weighted by atomic mass is 9.99. The number of aromatic nitrogens is 1. The summed E-state index contributed by atoms with van der Waals surface area (Å²) in [4.78, 5) is 2.15. The highest BCUT2D eigenvalue weighted by atomic mass is 15.1. The summed E-state index contributed by atoms with van der Waals surface area (Å²) in [7, 11) is 6.28. The molecule has 0 aliphatic heterocycles. The van der Waals surface area contributed by atoms with E-state index in [1.807, 2.05) is 0 Å². The van der Waals surface area contributed by atoms with Crippen LogP contribution in [0.1, 0.15) is 5.56 Å². The van der Waals surface area contributed by atoms with E-state index in [2.05, 4.69) is 92.3 Å². The summed E-state index contributed by atoms with van der Waals surface area (Å²) in [5.41, 5.74) is 5.09. The number of fused-ring (bicyclic) bond motifs is 1. The topological polar surface area (TPSA) is 7.12 Å². The van der Waals surface area contributed by atoms with Crippen molar-refractivity contribution in [1.29, 1.82) is 0 Å². The SMILES string of the molecule is Cc1ccc(N(C)C)cc1-c1c2ccccc2cc[n+]1C. The fraction of sp³-hybridized carbons (Fsp3) is 0.211. The van der Waals surface area contributed by atoms with Crippen LogP contribution >= 0.6 is 0 Å². The van der Waals surface area contributed by atoms with E-state index in [9.17, 15) is 0 Å². The maximum atomic E-state index is 2.27. The summed E-state index contributed by atoms with van der Waals surface area (Å²) in [5, 5.41) is 2.57. The van der Waals surface area contributed by atoms with Crippen molar-refractivity contribution in [2.24, 2.45) is 7.05 Å². The first kappa shape index (κ1) is 13.6. The molecular weight excluding hydrogens is 256 g/mol. The van der Waals surface area contributed by atoms with E-state index in [4.69, 9.17) is 0 Å². The van der Waals surface area contributed by atoms with Crippen molar-refractivity contribution in [3.63, 3.8) is 0 Å². The second-order valence-corrected chi connectivity index (χ2v) is 5.76. The summed E-state index contributed by atoms with van der Waals surface area (Å²) < 4.78 is 2.21. The highest BCUT2D eigenvalue weighted by molar-refractivity contribution is 5.94. The molecule has 0 unspecified atom stereocenters. The first-order valence-electron chi connectivity index (χ1n) is 7.23. The van der Waals surface area contributed by atoms with Gasteiger partial charge in [-0.25, -0.2) is 4.57 Å². The van der Waals surface area contributed by atoms with E-state index in [1.54, 1.807) is 0 Å². The Bertz CT molecular complexity index is 804. The molecule has 0 saturated heterocycles. The smallest absolute Gasteiger partial charge is 0.220 e. The van der Waals surface area contributed by atoms with E-state index in [0.29, 0.717) is 0 Å². The molecule has 2 aromatic carbocycles. The number of aryl methyl sites for hydroxylation is 2. The number of hydrogen-bond acceptors (Lipinski definition) is 1. The monoisotopic (exact) mass is 277 g/mol. The second kappa shape index (κ2) is 5.21. The normalized spacial score (nSPS) is 10.9. The molecule has 1 aromatic heterocycles. The molecule has 0 saturated carbocycles. The minimum atomic E-state index is 1.23. The number of benzene rings is 2. The van der Waals surface area contributed by atoms with Gasteiger partial charge in [-0.2, -0.15) is 0 Å². The number of anilines is 1.